The second-order valence-corrected chi connectivity index (χ2v) is 6.95. The van der Waals surface area contributed by atoms with Crippen LogP contribution >= 0.6 is 22.6 Å². The standard InChI is InChI=1S/C19H21IN2O2/c20-18-10-8-16(24-18)9-11-19(23)21-14-17(22-12-4-5-13-22)15-6-2-1-3-7-15/h1-3,6-11,17H,4-5,12-14H2,(H,21,23)/b11-9+. The van der Waals surface area contributed by atoms with Crippen molar-refractivity contribution in [3.05, 3.63) is 63.6 Å². The molecule has 0 aliphatic carbocycles. The lowest BCUT2D eigenvalue weighted by Crippen LogP contribution is -2.36. The number of nitrogens with zero attached hydrogens (tertiary/aromatic N) is 1. The van der Waals surface area contributed by atoms with E-state index in [2.05, 4.69) is 57.1 Å². The van der Waals surface area contributed by atoms with Gasteiger partial charge in [0, 0.05) is 12.6 Å². The summed E-state index contributed by atoms with van der Waals surface area (Å²) in [5.41, 5.74) is 1.25. The summed E-state index contributed by atoms with van der Waals surface area (Å²) in [7, 11) is 0. The Bertz CT molecular complexity index is 690. The van der Waals surface area contributed by atoms with Crippen LogP contribution < -0.4 is 5.32 Å². The minimum absolute atomic E-state index is 0.0958. The van der Waals surface area contributed by atoms with Crippen LogP contribution in [0.5, 0.6) is 0 Å². The number of nitrogens with one attached hydrogen (secondary N) is 1. The molecule has 0 radical (unpaired) electrons. The molecule has 1 aliphatic heterocycles. The molecule has 1 aliphatic rings. The van der Waals surface area contributed by atoms with Crippen LogP contribution in [0.1, 0.15) is 30.2 Å². The molecule has 1 aromatic heterocycles. The number of carbonyl (C=O) groups is 1. The van der Waals surface area contributed by atoms with E-state index in [0.29, 0.717) is 12.3 Å². The van der Waals surface area contributed by atoms with E-state index >= 15 is 0 Å². The normalized spacial score (nSPS) is 16.5. The van der Waals surface area contributed by atoms with Crippen molar-refractivity contribution in [1.29, 1.82) is 0 Å². The number of amides is 1. The number of benzene rings is 1. The van der Waals surface area contributed by atoms with Crippen LogP contribution in [-0.2, 0) is 4.79 Å². The molecule has 1 saturated heterocycles. The van der Waals surface area contributed by atoms with Gasteiger partial charge >= 0.3 is 0 Å². The molecule has 0 bridgehead atoms. The highest BCUT2D eigenvalue weighted by Gasteiger charge is 2.23. The van der Waals surface area contributed by atoms with Gasteiger partial charge in [-0.15, -0.1) is 0 Å². The fourth-order valence-corrected chi connectivity index (χ4v) is 3.45. The Kier molecular flexibility index (Phi) is 6.09. The van der Waals surface area contributed by atoms with Crippen LogP contribution in [0.2, 0.25) is 0 Å². The first kappa shape index (κ1) is 17.2. The average molecular weight is 436 g/mol. The molecule has 1 amide bonds. The van der Waals surface area contributed by atoms with Crippen molar-refractivity contribution < 1.29 is 9.21 Å². The van der Waals surface area contributed by atoms with E-state index in [4.69, 9.17) is 4.42 Å². The minimum Gasteiger partial charge on any atom is -0.451 e. The van der Waals surface area contributed by atoms with E-state index in [1.807, 2.05) is 18.2 Å². The fraction of sp³-hybridized carbons (Fsp3) is 0.316. The maximum atomic E-state index is 12.1. The zero-order valence-corrected chi connectivity index (χ0v) is 15.6. The minimum atomic E-state index is -0.0958. The monoisotopic (exact) mass is 436 g/mol. The predicted octanol–water partition coefficient (Wildman–Crippen LogP) is 3.85. The van der Waals surface area contributed by atoms with Crippen LogP contribution in [0.3, 0.4) is 0 Å². The number of hydrogen-bond donors (Lipinski definition) is 1. The summed E-state index contributed by atoms with van der Waals surface area (Å²) in [6, 6.07) is 14.4. The van der Waals surface area contributed by atoms with E-state index in [-0.39, 0.29) is 11.9 Å². The molecule has 1 atom stereocenters. The topological polar surface area (TPSA) is 45.5 Å². The Labute approximate surface area is 156 Å². The average Bonchev–Trinajstić information content (AvgIpc) is 3.26. The number of furan rings is 1. The van der Waals surface area contributed by atoms with Gasteiger partial charge in [0.25, 0.3) is 0 Å². The van der Waals surface area contributed by atoms with Crippen LogP contribution in [0, 0.1) is 3.77 Å². The van der Waals surface area contributed by atoms with Crippen molar-refractivity contribution in [2.45, 2.75) is 18.9 Å². The summed E-state index contributed by atoms with van der Waals surface area (Å²) in [6.45, 7) is 2.80. The summed E-state index contributed by atoms with van der Waals surface area (Å²) in [6.07, 6.45) is 5.69. The van der Waals surface area contributed by atoms with Crippen molar-refractivity contribution in [1.82, 2.24) is 10.2 Å². The molecule has 3 rings (SSSR count). The third kappa shape index (κ3) is 4.70. The smallest absolute Gasteiger partial charge is 0.244 e. The third-order valence-corrected chi connectivity index (χ3v) is 4.81. The van der Waals surface area contributed by atoms with Gasteiger partial charge in [0.05, 0.1) is 6.04 Å². The zero-order chi connectivity index (χ0) is 16.8. The third-order valence-electron chi connectivity index (χ3n) is 4.23. The van der Waals surface area contributed by atoms with Crippen molar-refractivity contribution in [2.24, 2.45) is 0 Å². The molecule has 0 spiro atoms. The maximum Gasteiger partial charge on any atom is 0.244 e. The first-order valence-corrected chi connectivity index (χ1v) is 9.30. The SMILES string of the molecule is O=C(/C=C/c1ccc(I)o1)NCC(c1ccccc1)N1CCCC1. The number of hydrogen-bond acceptors (Lipinski definition) is 3. The maximum absolute atomic E-state index is 12.1. The number of carbonyl (C=O) groups excluding carboxylic acids is 1. The first-order chi connectivity index (χ1) is 11.7. The van der Waals surface area contributed by atoms with Crippen molar-refractivity contribution >= 4 is 34.6 Å². The Hall–Kier alpha value is -1.60. The number of rotatable bonds is 6. The van der Waals surface area contributed by atoms with Crippen LogP contribution in [0.25, 0.3) is 6.08 Å². The molecule has 126 valence electrons. The van der Waals surface area contributed by atoms with Crippen LogP contribution in [-0.4, -0.2) is 30.4 Å². The van der Waals surface area contributed by atoms with Gasteiger partial charge in [0.2, 0.25) is 5.91 Å². The lowest BCUT2D eigenvalue weighted by Gasteiger charge is -2.28. The lowest BCUT2D eigenvalue weighted by molar-refractivity contribution is -0.116. The van der Waals surface area contributed by atoms with Gasteiger partial charge < -0.3 is 9.73 Å². The van der Waals surface area contributed by atoms with E-state index in [1.54, 1.807) is 6.08 Å². The second kappa shape index (κ2) is 8.48. The molecule has 5 heteroatoms. The van der Waals surface area contributed by atoms with Gasteiger partial charge in [-0.3, -0.25) is 9.69 Å². The van der Waals surface area contributed by atoms with E-state index in [1.165, 1.54) is 24.5 Å². The highest BCUT2D eigenvalue weighted by molar-refractivity contribution is 14.1. The Morgan fingerprint density at radius 3 is 2.62 bits per heavy atom. The van der Waals surface area contributed by atoms with Gasteiger partial charge in [0.1, 0.15) is 5.76 Å². The van der Waals surface area contributed by atoms with Crippen molar-refractivity contribution in [3.8, 4) is 0 Å². The lowest BCUT2D eigenvalue weighted by atomic mass is 10.1. The number of halogens is 1. The molecule has 1 aromatic carbocycles. The summed E-state index contributed by atoms with van der Waals surface area (Å²) in [5.74, 6) is 0.593. The molecular weight excluding hydrogens is 415 g/mol. The molecule has 2 aromatic rings. The summed E-state index contributed by atoms with van der Waals surface area (Å²) in [4.78, 5) is 14.6. The first-order valence-electron chi connectivity index (χ1n) is 8.22. The van der Waals surface area contributed by atoms with Crippen molar-refractivity contribution in [2.75, 3.05) is 19.6 Å². The fourth-order valence-electron chi connectivity index (χ4n) is 3.02. The van der Waals surface area contributed by atoms with Gasteiger partial charge in [-0.1, -0.05) is 30.3 Å². The molecule has 1 unspecified atom stereocenters. The summed E-state index contributed by atoms with van der Waals surface area (Å²) >= 11 is 2.10. The zero-order valence-electron chi connectivity index (χ0n) is 13.5. The second-order valence-electron chi connectivity index (χ2n) is 5.89. The summed E-state index contributed by atoms with van der Waals surface area (Å²) in [5, 5.41) is 3.02. The Balaban J connectivity index is 1.60. The van der Waals surface area contributed by atoms with Crippen molar-refractivity contribution in [3.63, 3.8) is 0 Å². The molecule has 1 N–H and O–H groups in total. The highest BCUT2D eigenvalue weighted by atomic mass is 127. The highest BCUT2D eigenvalue weighted by Crippen LogP contribution is 2.24. The molecule has 2 heterocycles. The van der Waals surface area contributed by atoms with E-state index in [9.17, 15) is 4.79 Å². The molecular formula is C19H21IN2O2. The van der Waals surface area contributed by atoms with E-state index < -0.39 is 0 Å². The van der Waals surface area contributed by atoms with E-state index in [0.717, 1.165) is 16.9 Å². The number of likely N-dealkylation sites (tertiary alicyclic amines) is 1. The largest absolute Gasteiger partial charge is 0.451 e. The Morgan fingerprint density at radius 2 is 1.96 bits per heavy atom. The molecule has 0 saturated carbocycles. The molecule has 4 nitrogen and oxygen atoms in total. The van der Waals surface area contributed by atoms with Gasteiger partial charge in [-0.25, -0.2) is 0 Å². The predicted molar refractivity (Wildman–Crippen MR) is 103 cm³/mol. The molecule has 24 heavy (non-hydrogen) atoms. The van der Waals surface area contributed by atoms with Gasteiger partial charge in [0.15, 0.2) is 3.77 Å². The van der Waals surface area contributed by atoms with Gasteiger partial charge in [-0.05, 0) is 72.3 Å². The summed E-state index contributed by atoms with van der Waals surface area (Å²) < 4.78 is 6.23. The quantitative estimate of drug-likeness (QED) is 0.553. The van der Waals surface area contributed by atoms with Gasteiger partial charge in [-0.2, -0.15) is 0 Å². The molecule has 1 fully saturated rings. The Morgan fingerprint density at radius 1 is 1.21 bits per heavy atom. The van der Waals surface area contributed by atoms with Crippen LogP contribution in [0.4, 0.5) is 0 Å². The van der Waals surface area contributed by atoms with Crippen LogP contribution in [0.15, 0.2) is 53.0 Å².